The summed E-state index contributed by atoms with van der Waals surface area (Å²) in [6, 6.07) is 4.23. The number of piperidine rings is 1. The van der Waals surface area contributed by atoms with Crippen molar-refractivity contribution in [3.8, 4) is 0 Å². The SMILES string of the molecule is C=CCn1c(=NC(=O)C2CCCN(S(C)(=O)=O)C2)sc2cc(C)c(C)cc21. The number of aromatic nitrogens is 1. The largest absolute Gasteiger partial charge is 0.312 e. The summed E-state index contributed by atoms with van der Waals surface area (Å²) in [5.41, 5.74) is 3.42. The highest BCUT2D eigenvalue weighted by molar-refractivity contribution is 7.88. The van der Waals surface area contributed by atoms with Crippen molar-refractivity contribution in [3.05, 3.63) is 40.7 Å². The molecule has 1 aromatic carbocycles. The van der Waals surface area contributed by atoms with Crippen LogP contribution in [0.3, 0.4) is 0 Å². The number of allylic oxidation sites excluding steroid dienone is 1. The molecule has 1 amide bonds. The molecule has 2 heterocycles. The number of carbonyl (C=O) groups is 1. The second-order valence-electron chi connectivity index (χ2n) is 7.10. The first kappa shape index (κ1) is 20.0. The molecule has 146 valence electrons. The number of thiazole rings is 1. The van der Waals surface area contributed by atoms with Crippen molar-refractivity contribution >= 4 is 37.5 Å². The Labute approximate surface area is 163 Å². The predicted molar refractivity (Wildman–Crippen MR) is 109 cm³/mol. The minimum Gasteiger partial charge on any atom is -0.312 e. The maximum Gasteiger partial charge on any atom is 0.252 e. The summed E-state index contributed by atoms with van der Waals surface area (Å²) in [6.45, 7) is 9.19. The number of carbonyl (C=O) groups excluding carboxylic acids is 1. The molecule has 0 radical (unpaired) electrons. The molecule has 1 unspecified atom stereocenters. The van der Waals surface area contributed by atoms with Gasteiger partial charge in [-0.2, -0.15) is 4.99 Å². The second-order valence-corrected chi connectivity index (χ2v) is 10.1. The van der Waals surface area contributed by atoms with Crippen LogP contribution in [0, 0.1) is 19.8 Å². The average molecular weight is 408 g/mol. The molecule has 0 saturated carbocycles. The van der Waals surface area contributed by atoms with Gasteiger partial charge in [-0.25, -0.2) is 12.7 Å². The van der Waals surface area contributed by atoms with Crippen LogP contribution in [0.25, 0.3) is 10.2 Å². The van der Waals surface area contributed by atoms with E-state index < -0.39 is 10.0 Å². The van der Waals surface area contributed by atoms with Gasteiger partial charge in [0.1, 0.15) is 0 Å². The number of aryl methyl sites for hydroxylation is 2. The summed E-state index contributed by atoms with van der Waals surface area (Å²) in [5, 5.41) is 0. The van der Waals surface area contributed by atoms with Crippen molar-refractivity contribution in [2.24, 2.45) is 10.9 Å². The van der Waals surface area contributed by atoms with Gasteiger partial charge in [-0.1, -0.05) is 17.4 Å². The molecule has 1 fully saturated rings. The number of hydrogen-bond acceptors (Lipinski definition) is 4. The highest BCUT2D eigenvalue weighted by atomic mass is 32.2. The Bertz CT molecular complexity index is 1060. The summed E-state index contributed by atoms with van der Waals surface area (Å²) in [5.74, 6) is -0.638. The maximum absolute atomic E-state index is 12.8. The Kier molecular flexibility index (Phi) is 5.69. The lowest BCUT2D eigenvalue weighted by Gasteiger charge is -2.28. The predicted octanol–water partition coefficient (Wildman–Crippen LogP) is 2.60. The molecule has 1 aliphatic heterocycles. The highest BCUT2D eigenvalue weighted by Crippen LogP contribution is 2.23. The van der Waals surface area contributed by atoms with Crippen molar-refractivity contribution in [1.82, 2.24) is 8.87 Å². The zero-order valence-corrected chi connectivity index (χ0v) is 17.6. The maximum atomic E-state index is 12.8. The van der Waals surface area contributed by atoms with Gasteiger partial charge in [0.15, 0.2) is 4.80 Å². The Morgan fingerprint density at radius 2 is 2.07 bits per heavy atom. The number of benzene rings is 1. The molecular formula is C19H25N3O3S2. The second kappa shape index (κ2) is 7.69. The van der Waals surface area contributed by atoms with Gasteiger partial charge in [0, 0.05) is 19.6 Å². The number of amides is 1. The number of nitrogens with zero attached hydrogens (tertiary/aromatic N) is 3. The molecule has 1 saturated heterocycles. The van der Waals surface area contributed by atoms with Gasteiger partial charge in [0.25, 0.3) is 5.91 Å². The Morgan fingerprint density at radius 1 is 1.37 bits per heavy atom. The zero-order valence-electron chi connectivity index (χ0n) is 15.9. The van der Waals surface area contributed by atoms with Crippen LogP contribution in [0.1, 0.15) is 24.0 Å². The van der Waals surface area contributed by atoms with Crippen molar-refractivity contribution in [2.45, 2.75) is 33.2 Å². The van der Waals surface area contributed by atoms with Crippen LogP contribution in [0.4, 0.5) is 0 Å². The lowest BCUT2D eigenvalue weighted by Crippen LogP contribution is -2.41. The molecule has 1 atom stereocenters. The first-order valence-corrected chi connectivity index (χ1v) is 11.6. The van der Waals surface area contributed by atoms with Crippen molar-refractivity contribution in [2.75, 3.05) is 19.3 Å². The van der Waals surface area contributed by atoms with Crippen LogP contribution in [0.2, 0.25) is 0 Å². The Balaban J connectivity index is 2.00. The first-order valence-electron chi connectivity index (χ1n) is 8.96. The van der Waals surface area contributed by atoms with Gasteiger partial charge in [-0.15, -0.1) is 6.58 Å². The molecule has 0 N–H and O–H groups in total. The summed E-state index contributed by atoms with van der Waals surface area (Å²) >= 11 is 1.48. The molecule has 8 heteroatoms. The van der Waals surface area contributed by atoms with Crippen LogP contribution < -0.4 is 4.80 Å². The van der Waals surface area contributed by atoms with E-state index in [1.165, 1.54) is 33.0 Å². The summed E-state index contributed by atoms with van der Waals surface area (Å²) < 4.78 is 28.1. The lowest BCUT2D eigenvalue weighted by atomic mass is 9.99. The molecule has 0 aliphatic carbocycles. The molecule has 6 nitrogen and oxygen atoms in total. The van der Waals surface area contributed by atoms with Gasteiger partial charge in [-0.05, 0) is 49.9 Å². The van der Waals surface area contributed by atoms with Crippen LogP contribution in [0.15, 0.2) is 29.8 Å². The van der Waals surface area contributed by atoms with E-state index in [1.54, 1.807) is 6.08 Å². The monoisotopic (exact) mass is 407 g/mol. The van der Waals surface area contributed by atoms with E-state index in [-0.39, 0.29) is 18.4 Å². The van der Waals surface area contributed by atoms with E-state index in [2.05, 4.69) is 37.6 Å². The van der Waals surface area contributed by atoms with E-state index in [1.807, 2.05) is 4.57 Å². The number of rotatable bonds is 4. The van der Waals surface area contributed by atoms with Gasteiger partial charge >= 0.3 is 0 Å². The van der Waals surface area contributed by atoms with E-state index in [0.717, 1.165) is 10.2 Å². The van der Waals surface area contributed by atoms with Crippen molar-refractivity contribution in [3.63, 3.8) is 0 Å². The van der Waals surface area contributed by atoms with Crippen LogP contribution in [-0.2, 0) is 21.4 Å². The number of hydrogen-bond donors (Lipinski definition) is 0. The van der Waals surface area contributed by atoms with Crippen molar-refractivity contribution in [1.29, 1.82) is 0 Å². The third-order valence-corrected chi connectivity index (χ3v) is 7.33. The van der Waals surface area contributed by atoms with E-state index in [4.69, 9.17) is 0 Å². The lowest BCUT2D eigenvalue weighted by molar-refractivity contribution is -0.122. The third-order valence-electron chi connectivity index (χ3n) is 5.02. The van der Waals surface area contributed by atoms with Crippen LogP contribution in [0.5, 0.6) is 0 Å². The summed E-state index contributed by atoms with van der Waals surface area (Å²) in [7, 11) is -3.29. The summed E-state index contributed by atoms with van der Waals surface area (Å²) in [4.78, 5) is 17.8. The number of sulfonamides is 1. The summed E-state index contributed by atoms with van der Waals surface area (Å²) in [6.07, 6.45) is 4.32. The molecule has 1 aliphatic rings. The highest BCUT2D eigenvalue weighted by Gasteiger charge is 2.30. The fraction of sp³-hybridized carbons (Fsp3) is 0.474. The Morgan fingerprint density at radius 3 is 2.74 bits per heavy atom. The van der Waals surface area contributed by atoms with Crippen molar-refractivity contribution < 1.29 is 13.2 Å². The molecule has 3 rings (SSSR count). The van der Waals surface area contributed by atoms with Gasteiger partial charge in [-0.3, -0.25) is 4.79 Å². The average Bonchev–Trinajstić information content (AvgIpc) is 2.91. The van der Waals surface area contributed by atoms with Gasteiger partial charge < -0.3 is 4.57 Å². The van der Waals surface area contributed by atoms with Gasteiger partial charge in [0.05, 0.1) is 22.4 Å². The smallest absolute Gasteiger partial charge is 0.252 e. The molecule has 27 heavy (non-hydrogen) atoms. The van der Waals surface area contributed by atoms with Crippen LogP contribution in [-0.4, -0.2) is 42.5 Å². The standard InChI is InChI=1S/C19H25N3O3S2/c1-5-8-22-16-10-13(2)14(3)11-17(16)26-19(22)20-18(23)15-7-6-9-21(12-15)27(4,24)25/h5,10-11,15H,1,6-9,12H2,2-4H3. The third kappa shape index (κ3) is 4.23. The van der Waals surface area contributed by atoms with E-state index >= 15 is 0 Å². The van der Waals surface area contributed by atoms with Gasteiger partial charge in [0.2, 0.25) is 10.0 Å². The molecule has 1 aromatic heterocycles. The topological polar surface area (TPSA) is 71.7 Å². The molecule has 0 bridgehead atoms. The normalized spacial score (nSPS) is 19.5. The van der Waals surface area contributed by atoms with E-state index in [0.29, 0.717) is 30.7 Å². The number of fused-ring (bicyclic) bond motifs is 1. The molecular weight excluding hydrogens is 382 g/mol. The zero-order chi connectivity index (χ0) is 19.8. The fourth-order valence-electron chi connectivity index (χ4n) is 3.34. The van der Waals surface area contributed by atoms with E-state index in [9.17, 15) is 13.2 Å². The quantitative estimate of drug-likeness (QED) is 0.732. The molecule has 0 spiro atoms. The molecule has 2 aromatic rings. The van der Waals surface area contributed by atoms with Crippen LogP contribution >= 0.6 is 11.3 Å². The Hall–Kier alpha value is -1.77. The minimum atomic E-state index is -3.29. The minimum absolute atomic E-state index is 0.214. The first-order chi connectivity index (χ1) is 12.7. The fourth-order valence-corrected chi connectivity index (χ4v) is 5.38.